The summed E-state index contributed by atoms with van der Waals surface area (Å²) in [6.07, 6.45) is 0. The van der Waals surface area contributed by atoms with Crippen LogP contribution in [0.5, 0.6) is 5.75 Å². The molecule has 0 aliphatic heterocycles. The second-order valence-electron chi connectivity index (χ2n) is 3.18. The highest BCUT2D eigenvalue weighted by Crippen LogP contribution is 2.25. The Kier molecular flexibility index (Phi) is 2.73. The van der Waals surface area contributed by atoms with Gasteiger partial charge < -0.3 is 5.11 Å². The molecule has 0 amide bonds. The molecule has 0 saturated heterocycles. The van der Waals surface area contributed by atoms with E-state index in [1.807, 2.05) is 6.07 Å². The van der Waals surface area contributed by atoms with Crippen LogP contribution in [0.4, 0.5) is 4.39 Å². The number of rotatable bonds is 1. The maximum Gasteiger partial charge on any atom is 0.137 e. The van der Waals surface area contributed by atoms with E-state index in [4.69, 9.17) is 5.11 Å². The summed E-state index contributed by atoms with van der Waals surface area (Å²) in [7, 11) is 0. The van der Waals surface area contributed by atoms with Gasteiger partial charge in [0, 0.05) is 0 Å². The second kappa shape index (κ2) is 4.03. The predicted molar refractivity (Wildman–Crippen MR) is 61.2 cm³/mol. The van der Waals surface area contributed by atoms with Crippen molar-refractivity contribution in [3.05, 3.63) is 52.8 Å². The van der Waals surface area contributed by atoms with Gasteiger partial charge in [0.2, 0.25) is 0 Å². The van der Waals surface area contributed by atoms with Crippen LogP contribution in [0.25, 0.3) is 11.1 Å². The number of hydrogen-bond acceptors (Lipinski definition) is 1. The SMILES string of the molecule is Oc1ccc(-c2ccc(Br)c(F)c2)cc1. The van der Waals surface area contributed by atoms with Gasteiger partial charge in [0.1, 0.15) is 11.6 Å². The second-order valence-corrected chi connectivity index (χ2v) is 4.03. The van der Waals surface area contributed by atoms with E-state index in [-0.39, 0.29) is 11.6 Å². The van der Waals surface area contributed by atoms with E-state index in [0.717, 1.165) is 11.1 Å². The first kappa shape index (κ1) is 10.2. The third-order valence-corrected chi connectivity index (χ3v) is 2.76. The molecular formula is C12H8BrFO. The Morgan fingerprint density at radius 3 is 2.13 bits per heavy atom. The molecule has 0 bridgehead atoms. The molecule has 1 nitrogen and oxygen atoms in total. The molecule has 0 spiro atoms. The summed E-state index contributed by atoms with van der Waals surface area (Å²) in [6.45, 7) is 0. The van der Waals surface area contributed by atoms with Crippen LogP contribution in [0.2, 0.25) is 0 Å². The summed E-state index contributed by atoms with van der Waals surface area (Å²) in [5.41, 5.74) is 1.66. The summed E-state index contributed by atoms with van der Waals surface area (Å²) in [6, 6.07) is 11.6. The number of benzene rings is 2. The minimum atomic E-state index is -0.291. The Morgan fingerprint density at radius 2 is 1.53 bits per heavy atom. The minimum Gasteiger partial charge on any atom is -0.508 e. The Bertz CT molecular complexity index is 479. The Hall–Kier alpha value is -1.35. The van der Waals surface area contributed by atoms with Crippen molar-refractivity contribution in [2.24, 2.45) is 0 Å². The van der Waals surface area contributed by atoms with Gasteiger partial charge in [0.15, 0.2) is 0 Å². The highest BCUT2D eigenvalue weighted by molar-refractivity contribution is 9.10. The van der Waals surface area contributed by atoms with Crippen LogP contribution in [0.3, 0.4) is 0 Å². The van der Waals surface area contributed by atoms with Crippen LogP contribution in [-0.4, -0.2) is 5.11 Å². The quantitative estimate of drug-likeness (QED) is 0.829. The Balaban J connectivity index is 2.45. The zero-order valence-electron chi connectivity index (χ0n) is 7.74. The van der Waals surface area contributed by atoms with Crippen LogP contribution >= 0.6 is 15.9 Å². The highest BCUT2D eigenvalue weighted by Gasteiger charge is 2.02. The maximum absolute atomic E-state index is 13.2. The number of halogens is 2. The Morgan fingerprint density at radius 1 is 0.933 bits per heavy atom. The van der Waals surface area contributed by atoms with E-state index in [9.17, 15) is 4.39 Å². The van der Waals surface area contributed by atoms with Gasteiger partial charge >= 0.3 is 0 Å². The average Bonchev–Trinajstić information content (AvgIpc) is 2.23. The van der Waals surface area contributed by atoms with E-state index >= 15 is 0 Å². The lowest BCUT2D eigenvalue weighted by Crippen LogP contribution is -1.81. The monoisotopic (exact) mass is 266 g/mol. The average molecular weight is 267 g/mol. The number of phenols is 1. The summed E-state index contributed by atoms with van der Waals surface area (Å²) in [4.78, 5) is 0. The third kappa shape index (κ3) is 2.18. The van der Waals surface area contributed by atoms with Crippen molar-refractivity contribution < 1.29 is 9.50 Å². The van der Waals surface area contributed by atoms with Gasteiger partial charge in [-0.15, -0.1) is 0 Å². The molecule has 76 valence electrons. The topological polar surface area (TPSA) is 20.2 Å². The number of aromatic hydroxyl groups is 1. The van der Waals surface area contributed by atoms with Crippen molar-refractivity contribution in [2.45, 2.75) is 0 Å². The van der Waals surface area contributed by atoms with Gasteiger partial charge in [0.25, 0.3) is 0 Å². The van der Waals surface area contributed by atoms with Gasteiger partial charge in [0.05, 0.1) is 4.47 Å². The maximum atomic E-state index is 13.2. The third-order valence-electron chi connectivity index (χ3n) is 2.12. The molecule has 0 aliphatic rings. The van der Waals surface area contributed by atoms with Crippen molar-refractivity contribution in [1.29, 1.82) is 0 Å². The molecule has 0 heterocycles. The Labute approximate surface area is 95.3 Å². The van der Waals surface area contributed by atoms with E-state index in [0.29, 0.717) is 4.47 Å². The van der Waals surface area contributed by atoms with Gasteiger partial charge in [-0.3, -0.25) is 0 Å². The summed E-state index contributed by atoms with van der Waals surface area (Å²) in [5.74, 6) is -0.0862. The molecule has 0 fully saturated rings. The molecule has 2 rings (SSSR count). The van der Waals surface area contributed by atoms with Crippen LogP contribution in [0.1, 0.15) is 0 Å². The zero-order valence-corrected chi connectivity index (χ0v) is 9.33. The van der Waals surface area contributed by atoms with Gasteiger partial charge in [-0.25, -0.2) is 4.39 Å². The van der Waals surface area contributed by atoms with Gasteiger partial charge in [-0.2, -0.15) is 0 Å². The molecule has 0 aliphatic carbocycles. The van der Waals surface area contributed by atoms with Gasteiger partial charge in [-0.05, 0) is 51.3 Å². The molecule has 0 unspecified atom stereocenters. The lowest BCUT2D eigenvalue weighted by atomic mass is 10.1. The van der Waals surface area contributed by atoms with Crippen molar-refractivity contribution >= 4 is 15.9 Å². The van der Waals surface area contributed by atoms with Crippen LogP contribution < -0.4 is 0 Å². The molecule has 1 N–H and O–H groups in total. The van der Waals surface area contributed by atoms with E-state index in [1.165, 1.54) is 6.07 Å². The van der Waals surface area contributed by atoms with E-state index in [1.54, 1.807) is 30.3 Å². The summed E-state index contributed by atoms with van der Waals surface area (Å²) >= 11 is 3.10. The highest BCUT2D eigenvalue weighted by atomic mass is 79.9. The summed E-state index contributed by atoms with van der Waals surface area (Å²) < 4.78 is 13.7. The lowest BCUT2D eigenvalue weighted by Gasteiger charge is -2.02. The first-order valence-corrected chi connectivity index (χ1v) is 5.20. The number of phenolic OH excluding ortho intramolecular Hbond substituents is 1. The fourth-order valence-corrected chi connectivity index (χ4v) is 1.58. The molecule has 2 aromatic rings. The molecule has 0 radical (unpaired) electrons. The molecule has 15 heavy (non-hydrogen) atoms. The number of hydrogen-bond donors (Lipinski definition) is 1. The zero-order chi connectivity index (χ0) is 10.8. The van der Waals surface area contributed by atoms with Crippen molar-refractivity contribution in [3.8, 4) is 16.9 Å². The molecule has 0 saturated carbocycles. The summed E-state index contributed by atoms with van der Waals surface area (Å²) in [5, 5.41) is 9.12. The van der Waals surface area contributed by atoms with Crippen LogP contribution in [-0.2, 0) is 0 Å². The lowest BCUT2D eigenvalue weighted by molar-refractivity contribution is 0.475. The predicted octanol–water partition coefficient (Wildman–Crippen LogP) is 3.96. The first-order chi connectivity index (χ1) is 7.16. The van der Waals surface area contributed by atoms with Crippen LogP contribution in [0.15, 0.2) is 46.9 Å². The van der Waals surface area contributed by atoms with Crippen molar-refractivity contribution in [1.82, 2.24) is 0 Å². The normalized spacial score (nSPS) is 10.3. The molecule has 0 atom stereocenters. The first-order valence-electron chi connectivity index (χ1n) is 4.41. The van der Waals surface area contributed by atoms with Crippen LogP contribution in [0, 0.1) is 5.82 Å². The molecular weight excluding hydrogens is 259 g/mol. The minimum absolute atomic E-state index is 0.205. The molecule has 3 heteroatoms. The van der Waals surface area contributed by atoms with E-state index in [2.05, 4.69) is 15.9 Å². The van der Waals surface area contributed by atoms with Crippen molar-refractivity contribution in [3.63, 3.8) is 0 Å². The van der Waals surface area contributed by atoms with E-state index < -0.39 is 0 Å². The fraction of sp³-hybridized carbons (Fsp3) is 0. The molecule has 0 aromatic heterocycles. The molecule has 2 aromatic carbocycles. The smallest absolute Gasteiger partial charge is 0.137 e. The van der Waals surface area contributed by atoms with Gasteiger partial charge in [-0.1, -0.05) is 18.2 Å². The largest absolute Gasteiger partial charge is 0.508 e. The fourth-order valence-electron chi connectivity index (χ4n) is 1.33. The standard InChI is InChI=1S/C12H8BrFO/c13-11-6-3-9(7-12(11)14)8-1-4-10(15)5-2-8/h1-7,15H. The van der Waals surface area contributed by atoms with Crippen molar-refractivity contribution in [2.75, 3.05) is 0 Å².